The zero-order valence-corrected chi connectivity index (χ0v) is 30.9. The summed E-state index contributed by atoms with van der Waals surface area (Å²) in [5.41, 5.74) is 6.97. The van der Waals surface area contributed by atoms with E-state index >= 15 is 0 Å². The molecule has 0 aliphatic heterocycles. The molecule has 8 aromatic rings. The first-order valence-corrected chi connectivity index (χ1v) is 17.9. The molecule has 0 N–H and O–H groups in total. The van der Waals surface area contributed by atoms with Gasteiger partial charge in [0.2, 0.25) is 0 Å². The van der Waals surface area contributed by atoms with Crippen molar-refractivity contribution in [2.45, 2.75) is 58.5 Å². The molecule has 0 radical (unpaired) electrons. The lowest BCUT2D eigenvalue weighted by Gasteiger charge is -2.21. The average Bonchev–Trinajstić information content (AvgIpc) is 3.65. The highest BCUT2D eigenvalue weighted by molar-refractivity contribution is 6.11. The molecule has 0 saturated carbocycles. The van der Waals surface area contributed by atoms with Crippen LogP contribution in [0.2, 0.25) is 0 Å². The van der Waals surface area contributed by atoms with Gasteiger partial charge in [0.25, 0.3) is 0 Å². The van der Waals surface area contributed by atoms with E-state index in [1.54, 1.807) is 0 Å². The third-order valence-electron chi connectivity index (χ3n) is 10.5. The molecule has 4 nitrogen and oxygen atoms in total. The van der Waals surface area contributed by atoms with E-state index in [4.69, 9.17) is 0 Å². The zero-order chi connectivity index (χ0) is 38.3. The highest BCUT2D eigenvalue weighted by Crippen LogP contribution is 2.43. The molecule has 6 aromatic carbocycles. The summed E-state index contributed by atoms with van der Waals surface area (Å²) in [5, 5.41) is 25.5. The number of nitrogens with zero attached hydrogens (tertiary/aromatic N) is 4. The normalized spacial score (nSPS) is 12.5. The van der Waals surface area contributed by atoms with Crippen LogP contribution in [0.4, 0.5) is 13.2 Å². The Bertz CT molecular complexity index is 2760. The van der Waals surface area contributed by atoms with Crippen LogP contribution in [0.15, 0.2) is 115 Å². The minimum Gasteiger partial charge on any atom is -0.308 e. The lowest BCUT2D eigenvalue weighted by molar-refractivity contribution is -0.137. The van der Waals surface area contributed by atoms with Gasteiger partial charge in [-0.3, -0.25) is 0 Å². The van der Waals surface area contributed by atoms with Crippen molar-refractivity contribution >= 4 is 43.6 Å². The molecule has 0 amide bonds. The van der Waals surface area contributed by atoms with Crippen molar-refractivity contribution < 1.29 is 13.2 Å². The van der Waals surface area contributed by atoms with E-state index in [1.807, 2.05) is 54.6 Å². The highest BCUT2D eigenvalue weighted by atomic mass is 19.4. The molecule has 54 heavy (non-hydrogen) atoms. The van der Waals surface area contributed by atoms with Crippen molar-refractivity contribution in [3.8, 4) is 34.6 Å². The quantitative estimate of drug-likeness (QED) is 0.183. The van der Waals surface area contributed by atoms with Crippen molar-refractivity contribution in [3.05, 3.63) is 143 Å². The van der Waals surface area contributed by atoms with Crippen molar-refractivity contribution in [2.75, 3.05) is 0 Å². The second-order valence-electron chi connectivity index (χ2n) is 16.0. The van der Waals surface area contributed by atoms with Gasteiger partial charge in [-0.25, -0.2) is 0 Å². The Morgan fingerprint density at radius 1 is 0.481 bits per heavy atom. The largest absolute Gasteiger partial charge is 0.416 e. The third kappa shape index (κ3) is 5.51. The molecule has 266 valence electrons. The zero-order valence-electron chi connectivity index (χ0n) is 30.9. The topological polar surface area (TPSA) is 57.4 Å². The van der Waals surface area contributed by atoms with E-state index in [0.717, 1.165) is 66.9 Å². The SMILES string of the molecule is CC(C)(C)c1ccc2c(c1)c1ccccc1n2-c1cc(-c2ccc(C(F)(F)F)cc2C#N)cc(-n2c3ccccc3c3cc(C(C)(C)C)ccc32)c1C#N. The molecule has 0 bridgehead atoms. The predicted molar refractivity (Wildman–Crippen MR) is 212 cm³/mol. The second-order valence-corrected chi connectivity index (χ2v) is 16.0. The molecule has 0 atom stereocenters. The van der Waals surface area contributed by atoms with Gasteiger partial charge in [0.1, 0.15) is 11.6 Å². The Balaban J connectivity index is 1.54. The molecule has 0 unspecified atom stereocenters. The fraction of sp³-hybridized carbons (Fsp3) is 0.191. The standard InChI is InChI=1S/C47H37F3N4/c1-45(2,3)30-16-19-41-36(24-30)34-11-7-9-13-39(34)53(41)43-22-28(33-18-15-32(47(48,49)50)21-29(33)26-51)23-44(38(43)27-52)54-40-14-10-8-12-35(40)37-25-31(46(4,5)6)17-20-42(37)54/h7-25H,1-6H3. The van der Waals surface area contributed by atoms with E-state index in [0.29, 0.717) is 28.1 Å². The number of hydrogen-bond donors (Lipinski definition) is 0. The van der Waals surface area contributed by atoms with E-state index in [1.165, 1.54) is 6.07 Å². The Morgan fingerprint density at radius 3 is 1.35 bits per heavy atom. The molecule has 7 heteroatoms. The fourth-order valence-corrected chi connectivity index (χ4v) is 7.70. The number of para-hydroxylation sites is 2. The van der Waals surface area contributed by atoms with Crippen LogP contribution in [0.1, 0.15) is 69.4 Å². The number of halogens is 3. The van der Waals surface area contributed by atoms with Crippen LogP contribution in [0.25, 0.3) is 66.1 Å². The summed E-state index contributed by atoms with van der Waals surface area (Å²) in [6.07, 6.45) is -4.62. The minimum atomic E-state index is -4.62. The predicted octanol–water partition coefficient (Wildman–Crippen LogP) is 12.9. The summed E-state index contributed by atoms with van der Waals surface area (Å²) < 4.78 is 45.8. The van der Waals surface area contributed by atoms with Crippen LogP contribution in [-0.4, -0.2) is 9.13 Å². The molecule has 0 aliphatic carbocycles. The Hall–Kier alpha value is -6.31. The maximum atomic E-state index is 13.9. The molecule has 0 spiro atoms. The molecule has 0 aliphatic rings. The van der Waals surface area contributed by atoms with Gasteiger partial charge in [-0.15, -0.1) is 0 Å². The smallest absolute Gasteiger partial charge is 0.308 e. The van der Waals surface area contributed by atoms with E-state index < -0.39 is 11.7 Å². The van der Waals surface area contributed by atoms with E-state index in [9.17, 15) is 23.7 Å². The molecule has 2 heterocycles. The van der Waals surface area contributed by atoms with Gasteiger partial charge < -0.3 is 9.13 Å². The number of hydrogen-bond acceptors (Lipinski definition) is 2. The summed E-state index contributed by atoms with van der Waals surface area (Å²) in [6.45, 7) is 13.0. The first-order chi connectivity index (χ1) is 25.6. The fourth-order valence-electron chi connectivity index (χ4n) is 7.70. The van der Waals surface area contributed by atoms with Gasteiger partial charge in [0.05, 0.1) is 50.6 Å². The summed E-state index contributed by atoms with van der Waals surface area (Å²) in [5.74, 6) is 0. The molecular formula is C47H37F3N4. The number of fused-ring (bicyclic) bond motifs is 6. The Labute approximate surface area is 311 Å². The van der Waals surface area contributed by atoms with Gasteiger partial charge in [-0.1, -0.05) is 96.1 Å². The Morgan fingerprint density at radius 2 is 0.926 bits per heavy atom. The van der Waals surface area contributed by atoms with Gasteiger partial charge in [-0.2, -0.15) is 23.7 Å². The third-order valence-corrected chi connectivity index (χ3v) is 10.5. The lowest BCUT2D eigenvalue weighted by atomic mass is 9.86. The van der Waals surface area contributed by atoms with E-state index in [-0.39, 0.29) is 16.4 Å². The molecular weight excluding hydrogens is 678 g/mol. The number of nitriles is 2. The van der Waals surface area contributed by atoms with Crippen LogP contribution < -0.4 is 0 Å². The van der Waals surface area contributed by atoms with Gasteiger partial charge >= 0.3 is 6.18 Å². The molecule has 0 fully saturated rings. The van der Waals surface area contributed by atoms with Crippen LogP contribution in [0.5, 0.6) is 0 Å². The average molecular weight is 715 g/mol. The number of benzene rings is 6. The monoisotopic (exact) mass is 714 g/mol. The lowest BCUT2D eigenvalue weighted by Crippen LogP contribution is -2.11. The Kier molecular flexibility index (Phi) is 7.80. The van der Waals surface area contributed by atoms with Gasteiger partial charge in [0.15, 0.2) is 0 Å². The number of aromatic nitrogens is 2. The minimum absolute atomic E-state index is 0.109. The maximum Gasteiger partial charge on any atom is 0.416 e. The first-order valence-electron chi connectivity index (χ1n) is 17.9. The van der Waals surface area contributed by atoms with Gasteiger partial charge in [0, 0.05) is 21.5 Å². The summed E-state index contributed by atoms with van der Waals surface area (Å²) >= 11 is 0. The van der Waals surface area contributed by atoms with Crippen LogP contribution in [0.3, 0.4) is 0 Å². The van der Waals surface area contributed by atoms with Crippen LogP contribution >= 0.6 is 0 Å². The summed E-state index contributed by atoms with van der Waals surface area (Å²) in [6, 6.07) is 40.4. The maximum absolute atomic E-state index is 13.9. The highest BCUT2D eigenvalue weighted by Gasteiger charge is 2.32. The summed E-state index contributed by atoms with van der Waals surface area (Å²) in [7, 11) is 0. The van der Waals surface area contributed by atoms with E-state index in [2.05, 4.69) is 105 Å². The second kappa shape index (κ2) is 12.1. The van der Waals surface area contributed by atoms with Crippen molar-refractivity contribution in [3.63, 3.8) is 0 Å². The van der Waals surface area contributed by atoms with Crippen LogP contribution in [0, 0.1) is 22.7 Å². The number of rotatable bonds is 3. The number of alkyl halides is 3. The summed E-state index contributed by atoms with van der Waals surface area (Å²) in [4.78, 5) is 0. The molecule has 0 saturated heterocycles. The van der Waals surface area contributed by atoms with Crippen molar-refractivity contribution in [1.82, 2.24) is 9.13 Å². The van der Waals surface area contributed by atoms with Crippen LogP contribution in [-0.2, 0) is 17.0 Å². The molecule has 2 aromatic heterocycles. The first kappa shape index (κ1) is 34.8. The van der Waals surface area contributed by atoms with Gasteiger partial charge in [-0.05, 0) is 93.7 Å². The van der Waals surface area contributed by atoms with Crippen molar-refractivity contribution in [1.29, 1.82) is 10.5 Å². The van der Waals surface area contributed by atoms with Crippen molar-refractivity contribution in [2.24, 2.45) is 0 Å². The molecule has 8 rings (SSSR count).